The minimum absolute atomic E-state index is 0.0339. The number of methoxy groups -OCH3 is 1. The van der Waals surface area contributed by atoms with E-state index in [0.29, 0.717) is 5.69 Å². The number of hydrogen-bond acceptors (Lipinski definition) is 4. The van der Waals surface area contributed by atoms with Gasteiger partial charge in [0.1, 0.15) is 0 Å². The molecule has 0 amide bonds. The Morgan fingerprint density at radius 2 is 1.83 bits per heavy atom. The summed E-state index contributed by atoms with van der Waals surface area (Å²) in [5, 5.41) is 3.87. The fraction of sp³-hybridized carbons (Fsp3) is 0.200. The van der Waals surface area contributed by atoms with Gasteiger partial charge in [-0.05, 0) is 24.3 Å². The molecule has 18 heavy (non-hydrogen) atoms. The van der Waals surface area contributed by atoms with E-state index in [1.807, 2.05) is 0 Å². The number of rotatable bonds is 2. The first-order valence-electron chi connectivity index (χ1n) is 4.86. The Labute approximate surface area is 100.0 Å². The van der Waals surface area contributed by atoms with Crippen molar-refractivity contribution in [1.82, 2.24) is 14.8 Å². The van der Waals surface area contributed by atoms with Crippen LogP contribution in [0.25, 0.3) is 5.69 Å². The van der Waals surface area contributed by atoms with Crippen LogP contribution < -0.4 is 10.5 Å². The Hall–Kier alpha value is -2.25. The molecule has 1 heterocycles. The van der Waals surface area contributed by atoms with Gasteiger partial charge in [-0.25, -0.2) is 0 Å². The quantitative estimate of drug-likeness (QED) is 0.893. The fourth-order valence-electron chi connectivity index (χ4n) is 1.37. The van der Waals surface area contributed by atoms with Gasteiger partial charge in [-0.15, -0.1) is 5.10 Å². The first-order valence-corrected chi connectivity index (χ1v) is 4.86. The van der Waals surface area contributed by atoms with Crippen molar-refractivity contribution in [3.63, 3.8) is 0 Å². The Bertz CT molecular complexity index is 547. The minimum Gasteiger partial charge on any atom is -0.466 e. The predicted molar refractivity (Wildman–Crippen MR) is 57.3 cm³/mol. The largest absolute Gasteiger partial charge is 0.466 e. The number of halogens is 3. The van der Waals surface area contributed by atoms with Gasteiger partial charge >= 0.3 is 12.2 Å². The summed E-state index contributed by atoms with van der Waals surface area (Å²) in [7, 11) is 1.37. The van der Waals surface area contributed by atoms with Crippen LogP contribution in [0.1, 0.15) is 5.56 Å². The highest BCUT2D eigenvalue weighted by molar-refractivity contribution is 5.40. The molecule has 0 unspecified atom stereocenters. The molecule has 0 fully saturated rings. The van der Waals surface area contributed by atoms with E-state index < -0.39 is 11.7 Å². The number of hydrogen-bond donors (Lipinski definition) is 1. The van der Waals surface area contributed by atoms with Crippen molar-refractivity contribution in [3.05, 3.63) is 29.8 Å². The van der Waals surface area contributed by atoms with Crippen molar-refractivity contribution in [3.8, 4) is 11.7 Å². The van der Waals surface area contributed by atoms with Gasteiger partial charge in [0, 0.05) is 0 Å². The Morgan fingerprint density at radius 3 is 2.28 bits per heavy atom. The summed E-state index contributed by atoms with van der Waals surface area (Å²) in [6.45, 7) is 0. The Kier molecular flexibility index (Phi) is 2.85. The van der Waals surface area contributed by atoms with Gasteiger partial charge in [0.25, 0.3) is 0 Å². The van der Waals surface area contributed by atoms with Crippen LogP contribution >= 0.6 is 0 Å². The summed E-state index contributed by atoms with van der Waals surface area (Å²) in [5.41, 5.74) is 5.19. The molecule has 0 aliphatic rings. The summed E-state index contributed by atoms with van der Waals surface area (Å²) in [6, 6.07) is 4.46. The van der Waals surface area contributed by atoms with Crippen molar-refractivity contribution in [2.75, 3.05) is 12.8 Å². The third kappa shape index (κ3) is 2.22. The van der Waals surface area contributed by atoms with E-state index >= 15 is 0 Å². The van der Waals surface area contributed by atoms with Crippen LogP contribution in [0.2, 0.25) is 0 Å². The number of nitrogens with two attached hydrogens (primary N) is 1. The number of nitrogens with zero attached hydrogens (tertiary/aromatic N) is 3. The lowest BCUT2D eigenvalue weighted by Crippen LogP contribution is -2.06. The second-order valence-corrected chi connectivity index (χ2v) is 3.41. The van der Waals surface area contributed by atoms with Crippen molar-refractivity contribution < 1.29 is 17.9 Å². The third-order valence-electron chi connectivity index (χ3n) is 2.23. The Balaban J connectivity index is 2.37. The molecule has 96 valence electrons. The number of anilines is 1. The second-order valence-electron chi connectivity index (χ2n) is 3.41. The molecule has 0 bridgehead atoms. The maximum absolute atomic E-state index is 12.4. The molecule has 8 heteroatoms. The molecule has 2 rings (SSSR count). The standard InChI is InChI=1S/C10H9F3N4O/c1-18-9-15-8(14)17(16-9)7-4-2-6(3-5-7)10(11,12)13/h2-5H,1H3,(H2,14,15,16). The van der Waals surface area contributed by atoms with Crippen molar-refractivity contribution in [2.24, 2.45) is 0 Å². The van der Waals surface area contributed by atoms with E-state index in [-0.39, 0.29) is 12.0 Å². The highest BCUT2D eigenvalue weighted by atomic mass is 19.4. The van der Waals surface area contributed by atoms with Gasteiger partial charge in [-0.1, -0.05) is 0 Å². The number of benzene rings is 1. The van der Waals surface area contributed by atoms with E-state index in [4.69, 9.17) is 10.5 Å². The van der Waals surface area contributed by atoms with Crippen LogP contribution in [0.4, 0.5) is 19.1 Å². The van der Waals surface area contributed by atoms with Crippen LogP contribution in [-0.2, 0) is 6.18 Å². The molecule has 0 saturated carbocycles. The number of alkyl halides is 3. The van der Waals surface area contributed by atoms with Gasteiger partial charge in [-0.3, -0.25) is 0 Å². The minimum atomic E-state index is -4.37. The lowest BCUT2D eigenvalue weighted by atomic mass is 10.2. The van der Waals surface area contributed by atoms with E-state index in [1.165, 1.54) is 23.9 Å². The average molecular weight is 258 g/mol. The highest BCUT2D eigenvalue weighted by Crippen LogP contribution is 2.29. The average Bonchev–Trinajstić information content (AvgIpc) is 2.70. The lowest BCUT2D eigenvalue weighted by molar-refractivity contribution is -0.137. The molecule has 0 aliphatic heterocycles. The van der Waals surface area contributed by atoms with Crippen LogP contribution in [0.15, 0.2) is 24.3 Å². The highest BCUT2D eigenvalue weighted by Gasteiger charge is 2.30. The smallest absolute Gasteiger partial charge is 0.416 e. The molecule has 2 aromatic rings. The summed E-state index contributed by atoms with van der Waals surface area (Å²) in [4.78, 5) is 3.76. The summed E-state index contributed by atoms with van der Waals surface area (Å²) < 4.78 is 43.1. The van der Waals surface area contributed by atoms with Crippen LogP contribution in [0, 0.1) is 0 Å². The molecule has 0 radical (unpaired) electrons. The molecule has 0 spiro atoms. The van der Waals surface area contributed by atoms with Crippen LogP contribution in [0.5, 0.6) is 6.01 Å². The molecule has 2 N–H and O–H groups in total. The maximum Gasteiger partial charge on any atom is 0.416 e. The summed E-state index contributed by atoms with van der Waals surface area (Å²) in [6.07, 6.45) is -4.37. The third-order valence-corrected chi connectivity index (χ3v) is 2.23. The second kappa shape index (κ2) is 4.21. The van der Waals surface area contributed by atoms with Gasteiger partial charge in [0.15, 0.2) is 0 Å². The zero-order valence-electron chi connectivity index (χ0n) is 9.27. The number of aromatic nitrogens is 3. The van der Waals surface area contributed by atoms with Gasteiger partial charge in [-0.2, -0.15) is 22.8 Å². The van der Waals surface area contributed by atoms with Crippen molar-refractivity contribution >= 4 is 5.95 Å². The maximum atomic E-state index is 12.4. The predicted octanol–water partition coefficient (Wildman–Crippen LogP) is 1.88. The van der Waals surface area contributed by atoms with Gasteiger partial charge < -0.3 is 10.5 Å². The molecule has 0 saturated heterocycles. The lowest BCUT2D eigenvalue weighted by Gasteiger charge is -2.07. The number of nitrogen functional groups attached to an aromatic ring is 1. The molecular weight excluding hydrogens is 249 g/mol. The van der Waals surface area contributed by atoms with E-state index in [2.05, 4.69) is 10.1 Å². The van der Waals surface area contributed by atoms with Gasteiger partial charge in [0.2, 0.25) is 5.95 Å². The fourth-order valence-corrected chi connectivity index (χ4v) is 1.37. The normalized spacial score (nSPS) is 11.6. The van der Waals surface area contributed by atoms with Crippen molar-refractivity contribution in [1.29, 1.82) is 0 Å². The molecular formula is C10H9F3N4O. The topological polar surface area (TPSA) is 66.0 Å². The summed E-state index contributed by atoms with van der Waals surface area (Å²) >= 11 is 0. The monoisotopic (exact) mass is 258 g/mol. The molecule has 0 aliphatic carbocycles. The number of ether oxygens (including phenoxy) is 1. The van der Waals surface area contributed by atoms with E-state index in [1.54, 1.807) is 0 Å². The van der Waals surface area contributed by atoms with Gasteiger partial charge in [0.05, 0.1) is 18.4 Å². The first-order chi connectivity index (χ1) is 8.41. The SMILES string of the molecule is COc1nc(N)n(-c2ccc(C(F)(F)F)cc2)n1. The molecule has 1 aromatic carbocycles. The van der Waals surface area contributed by atoms with Crippen LogP contribution in [0.3, 0.4) is 0 Å². The zero-order valence-corrected chi connectivity index (χ0v) is 9.27. The van der Waals surface area contributed by atoms with Crippen molar-refractivity contribution in [2.45, 2.75) is 6.18 Å². The van der Waals surface area contributed by atoms with E-state index in [0.717, 1.165) is 12.1 Å². The van der Waals surface area contributed by atoms with E-state index in [9.17, 15) is 13.2 Å². The Morgan fingerprint density at radius 1 is 1.22 bits per heavy atom. The summed E-state index contributed by atoms with van der Waals surface area (Å²) in [5.74, 6) is 0.0339. The first kappa shape index (κ1) is 12.2. The molecule has 0 atom stereocenters. The zero-order chi connectivity index (χ0) is 13.3. The molecule has 5 nitrogen and oxygen atoms in total. The molecule has 1 aromatic heterocycles. The van der Waals surface area contributed by atoms with Crippen LogP contribution in [-0.4, -0.2) is 21.9 Å².